The first-order chi connectivity index (χ1) is 16.8. The Morgan fingerprint density at radius 2 is 2.00 bits per heavy atom. The van der Waals surface area contributed by atoms with Crippen LogP contribution < -0.4 is 4.74 Å². The highest BCUT2D eigenvalue weighted by Crippen LogP contribution is 2.29. The number of nitrogens with zero attached hydrogens (tertiary/aromatic N) is 1. The van der Waals surface area contributed by atoms with E-state index in [2.05, 4.69) is 16.5 Å². The third-order valence-corrected chi connectivity index (χ3v) is 5.90. The molecule has 0 radical (unpaired) electrons. The minimum atomic E-state index is -0.935. The summed E-state index contributed by atoms with van der Waals surface area (Å²) in [7, 11) is 0. The smallest absolute Gasteiger partial charge is 0.311 e. The zero-order chi connectivity index (χ0) is 25.1. The molecular formula is C28H25FN2O4. The number of allylic oxidation sites excluding steroid dienone is 7. The van der Waals surface area contributed by atoms with Crippen LogP contribution in [-0.4, -0.2) is 26.2 Å². The van der Waals surface area contributed by atoms with E-state index in [0.717, 1.165) is 5.57 Å². The molecule has 7 heteroatoms. The zero-order valence-electron chi connectivity index (χ0n) is 19.3. The Morgan fingerprint density at radius 3 is 2.71 bits per heavy atom. The number of nitrogens with one attached hydrogen (secondary N) is 1. The fraction of sp³-hybridized carbons (Fsp3) is 0.143. The predicted molar refractivity (Wildman–Crippen MR) is 134 cm³/mol. The number of benzene rings is 2. The maximum atomic E-state index is 15.0. The maximum Gasteiger partial charge on any atom is 0.311 e. The summed E-state index contributed by atoms with van der Waals surface area (Å²) in [5, 5.41) is 19.4. The summed E-state index contributed by atoms with van der Waals surface area (Å²) < 4.78 is 20.7. The van der Waals surface area contributed by atoms with Crippen LogP contribution in [0.4, 0.5) is 4.39 Å². The Labute approximate surface area is 202 Å². The molecule has 1 aliphatic carbocycles. The lowest BCUT2D eigenvalue weighted by atomic mass is 9.89. The van der Waals surface area contributed by atoms with Gasteiger partial charge in [-0.15, -0.1) is 0 Å². The van der Waals surface area contributed by atoms with Gasteiger partial charge in [0.1, 0.15) is 17.3 Å². The number of rotatable bonds is 7. The molecule has 4 rings (SSSR count). The van der Waals surface area contributed by atoms with Gasteiger partial charge in [0.25, 0.3) is 6.01 Å². The highest BCUT2D eigenvalue weighted by Gasteiger charge is 2.25. The molecule has 0 saturated heterocycles. The average molecular weight is 473 g/mol. The molecule has 0 spiro atoms. The first-order valence-corrected chi connectivity index (χ1v) is 11.1. The van der Waals surface area contributed by atoms with Crippen LogP contribution in [-0.2, 0) is 4.79 Å². The Morgan fingerprint density at radius 1 is 1.23 bits per heavy atom. The van der Waals surface area contributed by atoms with Crippen LogP contribution in [0.5, 0.6) is 11.8 Å². The Hall–Kier alpha value is -4.39. The number of para-hydroxylation sites is 1. The van der Waals surface area contributed by atoms with E-state index in [9.17, 15) is 19.4 Å². The third kappa shape index (κ3) is 5.09. The van der Waals surface area contributed by atoms with E-state index in [1.165, 1.54) is 12.1 Å². The molecule has 0 saturated carbocycles. The molecule has 1 aromatic heterocycles. The predicted octanol–water partition coefficient (Wildman–Crippen LogP) is 6.25. The average Bonchev–Trinajstić information content (AvgIpc) is 3.21. The molecular weight excluding hydrogens is 447 g/mol. The number of phenolic OH excluding ortho intramolecular Hbond substituents is 1. The molecule has 0 fully saturated rings. The Kier molecular flexibility index (Phi) is 6.68. The molecule has 35 heavy (non-hydrogen) atoms. The van der Waals surface area contributed by atoms with E-state index in [1.54, 1.807) is 54.6 Å². The number of aliphatic carboxylic acids is 1. The first kappa shape index (κ1) is 23.8. The fourth-order valence-electron chi connectivity index (χ4n) is 3.88. The van der Waals surface area contributed by atoms with Gasteiger partial charge in [0.05, 0.1) is 17.0 Å². The number of carboxylic acid groups (broad SMARTS) is 1. The molecule has 3 aromatic rings. The van der Waals surface area contributed by atoms with Crippen molar-refractivity contribution in [3.8, 4) is 11.8 Å². The molecule has 2 aromatic carbocycles. The minimum Gasteiger partial charge on any atom is -0.507 e. The van der Waals surface area contributed by atoms with Crippen molar-refractivity contribution in [3.05, 3.63) is 102 Å². The lowest BCUT2D eigenvalue weighted by Crippen LogP contribution is -2.21. The van der Waals surface area contributed by atoms with Crippen molar-refractivity contribution in [1.29, 1.82) is 0 Å². The number of halogens is 1. The van der Waals surface area contributed by atoms with Crippen molar-refractivity contribution in [2.24, 2.45) is 11.8 Å². The molecule has 0 amide bonds. The summed E-state index contributed by atoms with van der Waals surface area (Å²) >= 11 is 0. The number of ether oxygens (including phenoxy) is 1. The van der Waals surface area contributed by atoms with Crippen LogP contribution in [0.25, 0.3) is 22.2 Å². The maximum absolute atomic E-state index is 15.0. The number of H-pyrrole nitrogens is 1. The molecule has 6 nitrogen and oxygen atoms in total. The molecule has 3 N–H and O–H groups in total. The van der Waals surface area contributed by atoms with Gasteiger partial charge in [0, 0.05) is 17.2 Å². The Bertz CT molecular complexity index is 1430. The monoisotopic (exact) mass is 472 g/mol. The van der Waals surface area contributed by atoms with E-state index < -0.39 is 17.7 Å². The van der Waals surface area contributed by atoms with Crippen molar-refractivity contribution in [3.63, 3.8) is 0 Å². The second-order valence-corrected chi connectivity index (χ2v) is 8.34. The van der Waals surface area contributed by atoms with Gasteiger partial charge in [-0.3, -0.25) is 4.79 Å². The van der Waals surface area contributed by atoms with Gasteiger partial charge >= 0.3 is 5.97 Å². The Balaban J connectivity index is 1.63. The summed E-state index contributed by atoms with van der Waals surface area (Å²) in [6.07, 6.45) is 10.1. The lowest BCUT2D eigenvalue weighted by Gasteiger charge is -2.18. The highest BCUT2D eigenvalue weighted by atomic mass is 19.1. The molecule has 2 unspecified atom stereocenters. The molecule has 1 heterocycles. The number of aromatic nitrogens is 2. The second kappa shape index (κ2) is 9.85. The lowest BCUT2D eigenvalue weighted by molar-refractivity contribution is -0.141. The summed E-state index contributed by atoms with van der Waals surface area (Å²) in [4.78, 5) is 18.7. The van der Waals surface area contributed by atoms with E-state index in [4.69, 9.17) is 4.74 Å². The summed E-state index contributed by atoms with van der Waals surface area (Å²) in [5.74, 6) is -1.73. The van der Waals surface area contributed by atoms with Gasteiger partial charge in [-0.25, -0.2) is 4.39 Å². The van der Waals surface area contributed by atoms with Crippen molar-refractivity contribution >= 4 is 28.1 Å². The number of hydrogen-bond donors (Lipinski definition) is 3. The molecule has 0 aliphatic heterocycles. The molecule has 178 valence electrons. The number of aromatic hydroxyl groups is 1. The van der Waals surface area contributed by atoms with Crippen LogP contribution in [0.2, 0.25) is 0 Å². The van der Waals surface area contributed by atoms with Crippen LogP contribution in [0.3, 0.4) is 0 Å². The van der Waals surface area contributed by atoms with Gasteiger partial charge < -0.3 is 19.9 Å². The number of carbonyl (C=O) groups is 1. The highest BCUT2D eigenvalue weighted by molar-refractivity contribution is 5.85. The van der Waals surface area contributed by atoms with Crippen molar-refractivity contribution in [1.82, 2.24) is 9.97 Å². The van der Waals surface area contributed by atoms with Crippen molar-refractivity contribution in [2.75, 3.05) is 0 Å². The minimum absolute atomic E-state index is 0.130. The molecule has 0 bridgehead atoms. The standard InChI is InChI=1S/C28H25FN2O4/c1-4-18(11-9-16(2)20-7-5-6-8-26(20)32)22-14-24-25(15-23(22)29)31-28(30-24)35-19-12-10-17(3)21(13-19)27(33)34/h4-15,17,21,32H,1H2,2-3H3,(H,30,31)(H,33,34)/b16-9+,18-11+. The number of carboxylic acids is 1. The van der Waals surface area contributed by atoms with Gasteiger partial charge in [0.2, 0.25) is 0 Å². The zero-order valence-corrected chi connectivity index (χ0v) is 19.3. The summed E-state index contributed by atoms with van der Waals surface area (Å²) in [5.41, 5.74) is 3.26. The van der Waals surface area contributed by atoms with Gasteiger partial charge in [-0.1, -0.05) is 56.0 Å². The number of aromatic amines is 1. The van der Waals surface area contributed by atoms with Crippen molar-refractivity contribution < 1.29 is 24.1 Å². The van der Waals surface area contributed by atoms with Crippen LogP contribution in [0.1, 0.15) is 25.0 Å². The summed E-state index contributed by atoms with van der Waals surface area (Å²) in [6.45, 7) is 7.48. The number of hydrogen-bond acceptors (Lipinski definition) is 4. The molecule has 1 aliphatic rings. The normalized spacial score (nSPS) is 18.4. The van der Waals surface area contributed by atoms with E-state index >= 15 is 0 Å². The summed E-state index contributed by atoms with van der Waals surface area (Å²) in [6, 6.07) is 10.0. The van der Waals surface area contributed by atoms with Gasteiger partial charge in [0.15, 0.2) is 0 Å². The van der Waals surface area contributed by atoms with Crippen LogP contribution >= 0.6 is 0 Å². The fourth-order valence-corrected chi connectivity index (χ4v) is 3.88. The number of phenols is 1. The second-order valence-electron chi connectivity index (χ2n) is 8.34. The van der Waals surface area contributed by atoms with Gasteiger partial charge in [-0.2, -0.15) is 4.98 Å². The van der Waals surface area contributed by atoms with Crippen molar-refractivity contribution in [2.45, 2.75) is 13.8 Å². The number of fused-ring (bicyclic) bond motifs is 1. The number of imidazole rings is 1. The third-order valence-electron chi connectivity index (χ3n) is 5.90. The largest absolute Gasteiger partial charge is 0.507 e. The van der Waals surface area contributed by atoms with E-state index in [-0.39, 0.29) is 17.7 Å². The topological polar surface area (TPSA) is 95.4 Å². The quantitative estimate of drug-likeness (QED) is 0.353. The molecule has 2 atom stereocenters. The van der Waals surface area contributed by atoms with E-state index in [0.29, 0.717) is 33.5 Å². The van der Waals surface area contributed by atoms with Gasteiger partial charge in [-0.05, 0) is 48.3 Å². The van der Waals surface area contributed by atoms with Crippen LogP contribution in [0.15, 0.2) is 85.2 Å². The van der Waals surface area contributed by atoms with E-state index in [1.807, 2.05) is 19.9 Å². The SMILES string of the molecule is C=C/C(=C\C=C(/C)c1ccccc1O)c1cc2nc(OC3=CC(C(=O)O)C(C)C=C3)[nH]c2cc1F. The first-order valence-electron chi connectivity index (χ1n) is 11.1. The van der Waals surface area contributed by atoms with Crippen LogP contribution in [0, 0.1) is 17.7 Å².